The normalized spacial score (nSPS) is 15.0. The summed E-state index contributed by atoms with van der Waals surface area (Å²) in [5.41, 5.74) is 2.73. The first-order valence-corrected chi connectivity index (χ1v) is 11.2. The minimum atomic E-state index is -0.0857. The van der Waals surface area contributed by atoms with Gasteiger partial charge in [0.05, 0.1) is 21.9 Å². The van der Waals surface area contributed by atoms with Crippen LogP contribution in [0.1, 0.15) is 22.3 Å². The molecule has 0 bridgehead atoms. The highest BCUT2D eigenvalue weighted by Gasteiger charge is 2.21. The Morgan fingerprint density at radius 2 is 1.93 bits per heavy atom. The number of aryl methyl sites for hydroxylation is 1. The summed E-state index contributed by atoms with van der Waals surface area (Å²) in [5, 5.41) is 6.06. The van der Waals surface area contributed by atoms with Crippen LogP contribution in [0.25, 0.3) is 9.88 Å². The van der Waals surface area contributed by atoms with Crippen molar-refractivity contribution in [2.24, 2.45) is 0 Å². The van der Waals surface area contributed by atoms with Gasteiger partial charge in [-0.3, -0.25) is 4.79 Å². The van der Waals surface area contributed by atoms with Gasteiger partial charge in [0.25, 0.3) is 5.91 Å². The average molecular weight is 413 g/mol. The molecule has 1 amide bonds. The summed E-state index contributed by atoms with van der Waals surface area (Å²) in [6.07, 6.45) is 0. The van der Waals surface area contributed by atoms with Gasteiger partial charge in [-0.1, -0.05) is 25.1 Å². The number of benzene rings is 1. The van der Waals surface area contributed by atoms with Crippen molar-refractivity contribution in [1.29, 1.82) is 0 Å². The minimum absolute atomic E-state index is 0.0857. The van der Waals surface area contributed by atoms with Gasteiger partial charge in [-0.25, -0.2) is 4.98 Å². The van der Waals surface area contributed by atoms with Crippen molar-refractivity contribution in [2.75, 3.05) is 42.9 Å². The summed E-state index contributed by atoms with van der Waals surface area (Å²) in [7, 11) is 0. The molecule has 7 heteroatoms. The first-order chi connectivity index (χ1) is 13.7. The van der Waals surface area contributed by atoms with Crippen LogP contribution in [0.5, 0.6) is 0 Å². The van der Waals surface area contributed by atoms with E-state index in [-0.39, 0.29) is 5.91 Å². The maximum atomic E-state index is 13.0. The van der Waals surface area contributed by atoms with Crippen molar-refractivity contribution in [3.05, 3.63) is 52.3 Å². The van der Waals surface area contributed by atoms with Gasteiger partial charge < -0.3 is 15.1 Å². The number of amides is 1. The lowest BCUT2D eigenvalue weighted by molar-refractivity contribution is 0.103. The highest BCUT2D eigenvalue weighted by atomic mass is 32.1. The number of carbonyl (C=O) groups is 1. The van der Waals surface area contributed by atoms with Gasteiger partial charge in [-0.2, -0.15) is 0 Å². The van der Waals surface area contributed by atoms with E-state index >= 15 is 0 Å². The quantitative estimate of drug-likeness (QED) is 0.667. The molecule has 0 radical (unpaired) electrons. The molecule has 28 heavy (non-hydrogen) atoms. The summed E-state index contributed by atoms with van der Waals surface area (Å²) < 4.78 is 0. The monoisotopic (exact) mass is 412 g/mol. The molecule has 0 atom stereocenters. The highest BCUT2D eigenvalue weighted by molar-refractivity contribution is 7.22. The summed E-state index contributed by atoms with van der Waals surface area (Å²) in [6.45, 7) is 9.24. The van der Waals surface area contributed by atoms with Crippen molar-refractivity contribution in [3.63, 3.8) is 0 Å². The van der Waals surface area contributed by atoms with Crippen LogP contribution in [0, 0.1) is 6.92 Å². The van der Waals surface area contributed by atoms with Crippen molar-refractivity contribution in [1.82, 2.24) is 9.88 Å². The van der Waals surface area contributed by atoms with E-state index in [1.54, 1.807) is 11.3 Å². The van der Waals surface area contributed by atoms with Crippen molar-refractivity contribution < 1.29 is 4.79 Å². The Morgan fingerprint density at radius 1 is 1.14 bits per heavy atom. The Kier molecular flexibility index (Phi) is 5.75. The molecule has 4 rings (SSSR count). The highest BCUT2D eigenvalue weighted by Crippen LogP contribution is 2.32. The van der Waals surface area contributed by atoms with Gasteiger partial charge in [-0.05, 0) is 37.0 Å². The standard InChI is InChI=1S/C21H24N4OS2/c1-3-24-10-12-25(13-11-24)17-8-5-4-7-16(17)23-20(26)19-15(2)22-21(28-19)18-9-6-14-27-18/h4-9,14H,3,10-13H2,1-2H3,(H,23,26). The number of anilines is 2. The largest absolute Gasteiger partial charge is 0.367 e. The summed E-state index contributed by atoms with van der Waals surface area (Å²) in [5.74, 6) is -0.0857. The van der Waals surface area contributed by atoms with E-state index in [0.717, 1.165) is 59.7 Å². The average Bonchev–Trinajstić information content (AvgIpc) is 3.38. The van der Waals surface area contributed by atoms with Gasteiger partial charge in [0.15, 0.2) is 0 Å². The fraction of sp³-hybridized carbons (Fsp3) is 0.333. The molecular weight excluding hydrogens is 388 g/mol. The second-order valence-corrected chi connectivity index (χ2v) is 8.75. The second-order valence-electron chi connectivity index (χ2n) is 6.80. The van der Waals surface area contributed by atoms with Crippen molar-refractivity contribution in [3.8, 4) is 9.88 Å². The SMILES string of the molecule is CCN1CCN(c2ccccc2NC(=O)c2sc(-c3cccs3)nc2C)CC1. The van der Waals surface area contributed by atoms with E-state index in [1.807, 2.05) is 42.6 Å². The van der Waals surface area contributed by atoms with Crippen molar-refractivity contribution >= 4 is 40.0 Å². The third-order valence-corrected chi connectivity index (χ3v) is 7.24. The molecular formula is C21H24N4OS2. The van der Waals surface area contributed by atoms with Crippen LogP contribution in [0.4, 0.5) is 11.4 Å². The summed E-state index contributed by atoms with van der Waals surface area (Å²) >= 11 is 3.10. The number of hydrogen-bond donors (Lipinski definition) is 1. The molecule has 0 aliphatic carbocycles. The summed E-state index contributed by atoms with van der Waals surface area (Å²) in [6, 6.07) is 12.1. The zero-order valence-electron chi connectivity index (χ0n) is 16.1. The van der Waals surface area contributed by atoms with E-state index in [9.17, 15) is 4.79 Å². The third-order valence-electron chi connectivity index (χ3n) is 5.05. The predicted molar refractivity (Wildman–Crippen MR) is 119 cm³/mol. The van der Waals surface area contributed by atoms with E-state index in [4.69, 9.17) is 0 Å². The van der Waals surface area contributed by atoms with Crippen LogP contribution >= 0.6 is 22.7 Å². The van der Waals surface area contributed by atoms with E-state index in [2.05, 4.69) is 33.1 Å². The Labute approximate surface area is 173 Å². The van der Waals surface area contributed by atoms with Crippen LogP contribution in [0.3, 0.4) is 0 Å². The molecule has 146 valence electrons. The number of thiazole rings is 1. The van der Waals surface area contributed by atoms with Gasteiger partial charge in [0, 0.05) is 26.2 Å². The number of rotatable bonds is 5. The molecule has 1 fully saturated rings. The number of aromatic nitrogens is 1. The lowest BCUT2D eigenvalue weighted by Gasteiger charge is -2.36. The van der Waals surface area contributed by atoms with Gasteiger partial charge >= 0.3 is 0 Å². The fourth-order valence-electron chi connectivity index (χ4n) is 3.45. The maximum Gasteiger partial charge on any atom is 0.267 e. The van der Waals surface area contributed by atoms with Crippen LogP contribution in [-0.4, -0.2) is 48.5 Å². The predicted octanol–water partition coefficient (Wildman–Crippen LogP) is 4.57. The Bertz CT molecular complexity index is 943. The van der Waals surface area contributed by atoms with Crippen molar-refractivity contribution in [2.45, 2.75) is 13.8 Å². The molecule has 1 aliphatic rings. The van der Waals surface area contributed by atoms with E-state index in [0.29, 0.717) is 4.88 Å². The lowest BCUT2D eigenvalue weighted by atomic mass is 10.2. The number of carbonyl (C=O) groups excluding carboxylic acids is 1. The smallest absolute Gasteiger partial charge is 0.267 e. The first-order valence-electron chi connectivity index (χ1n) is 9.54. The lowest BCUT2D eigenvalue weighted by Crippen LogP contribution is -2.46. The number of para-hydroxylation sites is 2. The molecule has 0 spiro atoms. The number of likely N-dealkylation sites (N-methyl/N-ethyl adjacent to an activating group) is 1. The maximum absolute atomic E-state index is 13.0. The van der Waals surface area contributed by atoms with Gasteiger partial charge in [0.1, 0.15) is 9.88 Å². The molecule has 1 aliphatic heterocycles. The Balaban J connectivity index is 1.53. The summed E-state index contributed by atoms with van der Waals surface area (Å²) in [4.78, 5) is 24.2. The van der Waals surface area contributed by atoms with E-state index in [1.165, 1.54) is 11.3 Å². The van der Waals surface area contributed by atoms with Gasteiger partial charge in [-0.15, -0.1) is 22.7 Å². The molecule has 3 heterocycles. The van der Waals surface area contributed by atoms with Crippen LogP contribution in [0.15, 0.2) is 41.8 Å². The molecule has 0 saturated carbocycles. The van der Waals surface area contributed by atoms with Gasteiger partial charge in [0.2, 0.25) is 0 Å². The van der Waals surface area contributed by atoms with Crippen LogP contribution in [0.2, 0.25) is 0 Å². The molecule has 2 aromatic heterocycles. The third kappa shape index (κ3) is 3.97. The number of hydrogen-bond acceptors (Lipinski definition) is 6. The zero-order valence-corrected chi connectivity index (χ0v) is 17.8. The molecule has 1 saturated heterocycles. The van der Waals surface area contributed by atoms with E-state index < -0.39 is 0 Å². The Hall–Kier alpha value is -2.22. The molecule has 5 nitrogen and oxygen atoms in total. The molecule has 3 aromatic rings. The number of piperazine rings is 1. The van der Waals surface area contributed by atoms with Crippen LogP contribution < -0.4 is 10.2 Å². The fourth-order valence-corrected chi connectivity index (χ4v) is 5.21. The molecule has 0 unspecified atom stereocenters. The number of nitrogens with zero attached hydrogens (tertiary/aromatic N) is 3. The minimum Gasteiger partial charge on any atom is -0.367 e. The Morgan fingerprint density at radius 3 is 2.64 bits per heavy atom. The molecule has 1 aromatic carbocycles. The number of nitrogens with one attached hydrogen (secondary N) is 1. The van der Waals surface area contributed by atoms with Crippen LogP contribution in [-0.2, 0) is 0 Å². The molecule has 1 N–H and O–H groups in total. The number of thiophene rings is 1. The second kappa shape index (κ2) is 8.43. The first kappa shape index (κ1) is 19.1. The zero-order chi connectivity index (χ0) is 19.5. The topological polar surface area (TPSA) is 48.5 Å².